The summed E-state index contributed by atoms with van der Waals surface area (Å²) in [5.41, 5.74) is 0.540. The number of carbonyl (C=O) groups excluding carboxylic acids is 1. The molecule has 6 heteroatoms. The lowest BCUT2D eigenvalue weighted by Crippen LogP contribution is -2.15. The Morgan fingerprint density at radius 1 is 1.26 bits per heavy atom. The fourth-order valence-corrected chi connectivity index (χ4v) is 1.79. The first kappa shape index (κ1) is 13.5. The van der Waals surface area contributed by atoms with Crippen LogP contribution in [0.5, 0.6) is 0 Å². The van der Waals surface area contributed by atoms with Crippen LogP contribution in [0.2, 0.25) is 0 Å². The smallest absolute Gasteiger partial charge is 0.258 e. The topological polar surface area (TPSA) is 54.0 Å². The van der Waals surface area contributed by atoms with E-state index in [4.69, 9.17) is 0 Å². The van der Waals surface area contributed by atoms with Crippen LogP contribution in [0.3, 0.4) is 0 Å². The second kappa shape index (κ2) is 5.79. The van der Waals surface area contributed by atoms with Crippen molar-refractivity contribution in [3.05, 3.63) is 52.4 Å². The Kier molecular flexibility index (Phi) is 4.11. The van der Waals surface area contributed by atoms with Crippen molar-refractivity contribution >= 4 is 33.3 Å². The van der Waals surface area contributed by atoms with E-state index in [0.717, 1.165) is 4.47 Å². The van der Waals surface area contributed by atoms with Crippen molar-refractivity contribution in [3.8, 4) is 0 Å². The number of halogens is 2. The van der Waals surface area contributed by atoms with E-state index in [-0.39, 0.29) is 11.4 Å². The summed E-state index contributed by atoms with van der Waals surface area (Å²) in [5, 5.41) is 5.21. The minimum absolute atomic E-state index is 0.0449. The van der Waals surface area contributed by atoms with Crippen molar-refractivity contribution < 1.29 is 9.18 Å². The van der Waals surface area contributed by atoms with Gasteiger partial charge in [0.05, 0.1) is 5.56 Å². The maximum absolute atomic E-state index is 13.9. The van der Waals surface area contributed by atoms with E-state index in [2.05, 4.69) is 31.5 Å². The number of amides is 1. The van der Waals surface area contributed by atoms with Gasteiger partial charge in [0.15, 0.2) is 11.6 Å². The molecule has 4 nitrogen and oxygen atoms in total. The minimum atomic E-state index is -0.667. The van der Waals surface area contributed by atoms with Crippen molar-refractivity contribution in [1.29, 1.82) is 0 Å². The van der Waals surface area contributed by atoms with Crippen molar-refractivity contribution in [2.24, 2.45) is 0 Å². The molecule has 2 N–H and O–H groups in total. The van der Waals surface area contributed by atoms with E-state index in [1.165, 1.54) is 12.3 Å². The highest BCUT2D eigenvalue weighted by Crippen LogP contribution is 2.18. The molecule has 0 saturated heterocycles. The molecule has 0 saturated carbocycles. The van der Waals surface area contributed by atoms with Gasteiger partial charge in [-0.1, -0.05) is 15.9 Å². The highest BCUT2D eigenvalue weighted by Gasteiger charge is 2.15. The number of hydrogen-bond acceptors (Lipinski definition) is 3. The molecule has 0 radical (unpaired) electrons. The Morgan fingerprint density at radius 2 is 1.95 bits per heavy atom. The first-order valence-electron chi connectivity index (χ1n) is 5.51. The molecule has 1 aromatic carbocycles. The van der Waals surface area contributed by atoms with Gasteiger partial charge < -0.3 is 10.6 Å². The Morgan fingerprint density at radius 3 is 2.58 bits per heavy atom. The molecular formula is C13H11BrFN3O. The number of pyridine rings is 1. The predicted molar refractivity (Wildman–Crippen MR) is 75.8 cm³/mol. The van der Waals surface area contributed by atoms with Crippen LogP contribution < -0.4 is 10.6 Å². The van der Waals surface area contributed by atoms with Crippen LogP contribution in [-0.2, 0) is 0 Å². The van der Waals surface area contributed by atoms with Gasteiger partial charge in [-0.2, -0.15) is 0 Å². The largest absolute Gasteiger partial charge is 0.371 e. The number of aromatic nitrogens is 1. The van der Waals surface area contributed by atoms with Gasteiger partial charge in [0, 0.05) is 23.4 Å². The highest BCUT2D eigenvalue weighted by atomic mass is 79.9. The molecule has 1 aromatic heterocycles. The van der Waals surface area contributed by atoms with E-state index < -0.39 is 11.7 Å². The number of nitrogens with zero attached hydrogens (tertiary/aromatic N) is 1. The number of rotatable bonds is 3. The summed E-state index contributed by atoms with van der Waals surface area (Å²) in [7, 11) is 1.54. The molecule has 0 fully saturated rings. The molecule has 2 rings (SSSR count). The Balaban J connectivity index is 2.23. The Bertz CT molecular complexity index is 601. The molecule has 19 heavy (non-hydrogen) atoms. The summed E-state index contributed by atoms with van der Waals surface area (Å²) in [5.74, 6) is -1.14. The van der Waals surface area contributed by atoms with Crippen LogP contribution in [0.4, 0.5) is 15.9 Å². The highest BCUT2D eigenvalue weighted by molar-refractivity contribution is 9.10. The van der Waals surface area contributed by atoms with Gasteiger partial charge in [0.2, 0.25) is 0 Å². The number of benzene rings is 1. The van der Waals surface area contributed by atoms with Gasteiger partial charge in [-0.05, 0) is 30.3 Å². The summed E-state index contributed by atoms with van der Waals surface area (Å²) >= 11 is 3.30. The molecule has 0 spiro atoms. The third-order valence-corrected chi connectivity index (χ3v) is 3.00. The fraction of sp³-hybridized carbons (Fsp3) is 0.0769. The van der Waals surface area contributed by atoms with E-state index in [1.54, 1.807) is 31.3 Å². The molecule has 0 bridgehead atoms. The fourth-order valence-electron chi connectivity index (χ4n) is 1.53. The zero-order valence-electron chi connectivity index (χ0n) is 10.1. The zero-order chi connectivity index (χ0) is 13.8. The summed E-state index contributed by atoms with van der Waals surface area (Å²) in [4.78, 5) is 15.8. The normalized spacial score (nSPS) is 10.1. The first-order valence-corrected chi connectivity index (χ1v) is 6.30. The van der Waals surface area contributed by atoms with Crippen LogP contribution in [0, 0.1) is 5.82 Å². The Hall–Kier alpha value is -1.95. The van der Waals surface area contributed by atoms with Gasteiger partial charge in [0.1, 0.15) is 0 Å². The standard InChI is InChI=1S/C13H11BrFN3O/c1-16-12-11(15)10(6-7-17-12)13(19)18-9-4-2-8(14)3-5-9/h2-7H,1H3,(H,16,17)(H,18,19). The SMILES string of the molecule is CNc1nccc(C(=O)Nc2ccc(Br)cc2)c1F. The molecule has 1 amide bonds. The minimum Gasteiger partial charge on any atom is -0.371 e. The maximum atomic E-state index is 13.9. The summed E-state index contributed by atoms with van der Waals surface area (Å²) in [6.45, 7) is 0. The Labute approximate surface area is 118 Å². The van der Waals surface area contributed by atoms with Crippen LogP contribution in [-0.4, -0.2) is 17.9 Å². The van der Waals surface area contributed by atoms with E-state index in [0.29, 0.717) is 5.69 Å². The lowest BCUT2D eigenvalue weighted by molar-refractivity contribution is 0.102. The molecule has 0 aliphatic carbocycles. The second-order valence-corrected chi connectivity index (χ2v) is 4.65. The van der Waals surface area contributed by atoms with Gasteiger partial charge in [0.25, 0.3) is 5.91 Å². The average molecular weight is 324 g/mol. The van der Waals surface area contributed by atoms with Gasteiger partial charge in [-0.3, -0.25) is 4.79 Å². The third kappa shape index (κ3) is 3.08. The van der Waals surface area contributed by atoms with Gasteiger partial charge >= 0.3 is 0 Å². The quantitative estimate of drug-likeness (QED) is 0.911. The number of hydrogen-bond donors (Lipinski definition) is 2. The molecule has 2 aromatic rings. The maximum Gasteiger partial charge on any atom is 0.258 e. The van der Waals surface area contributed by atoms with Crippen LogP contribution in [0.25, 0.3) is 0 Å². The zero-order valence-corrected chi connectivity index (χ0v) is 11.7. The number of nitrogens with one attached hydrogen (secondary N) is 2. The number of carbonyl (C=O) groups is 1. The lowest BCUT2D eigenvalue weighted by atomic mass is 10.2. The molecule has 0 atom stereocenters. The van der Waals surface area contributed by atoms with E-state index >= 15 is 0 Å². The molecular weight excluding hydrogens is 313 g/mol. The number of anilines is 2. The molecule has 98 valence electrons. The lowest BCUT2D eigenvalue weighted by Gasteiger charge is -2.08. The average Bonchev–Trinajstić information content (AvgIpc) is 2.41. The predicted octanol–water partition coefficient (Wildman–Crippen LogP) is 3.28. The van der Waals surface area contributed by atoms with E-state index in [9.17, 15) is 9.18 Å². The van der Waals surface area contributed by atoms with Crippen LogP contribution in [0.15, 0.2) is 41.0 Å². The molecule has 0 aliphatic rings. The van der Waals surface area contributed by atoms with Crippen LogP contribution >= 0.6 is 15.9 Å². The molecule has 1 heterocycles. The monoisotopic (exact) mass is 323 g/mol. The van der Waals surface area contributed by atoms with Crippen molar-refractivity contribution in [1.82, 2.24) is 4.98 Å². The van der Waals surface area contributed by atoms with E-state index in [1.807, 2.05) is 0 Å². The van der Waals surface area contributed by atoms with Crippen molar-refractivity contribution in [2.75, 3.05) is 17.7 Å². The second-order valence-electron chi connectivity index (χ2n) is 3.73. The van der Waals surface area contributed by atoms with Crippen molar-refractivity contribution in [3.63, 3.8) is 0 Å². The van der Waals surface area contributed by atoms with Crippen molar-refractivity contribution in [2.45, 2.75) is 0 Å². The summed E-state index contributed by atoms with van der Waals surface area (Å²) < 4.78 is 14.8. The third-order valence-electron chi connectivity index (χ3n) is 2.47. The first-order chi connectivity index (χ1) is 9.11. The van der Waals surface area contributed by atoms with Gasteiger partial charge in [-0.25, -0.2) is 9.37 Å². The summed E-state index contributed by atoms with van der Waals surface area (Å²) in [6.07, 6.45) is 1.38. The molecule has 0 aliphatic heterocycles. The summed E-state index contributed by atoms with van der Waals surface area (Å²) in [6, 6.07) is 8.36. The molecule has 0 unspecified atom stereocenters. The van der Waals surface area contributed by atoms with Gasteiger partial charge in [-0.15, -0.1) is 0 Å². The van der Waals surface area contributed by atoms with Crippen LogP contribution in [0.1, 0.15) is 10.4 Å².